The molecule has 3 nitrogen and oxygen atoms in total. The van der Waals surface area contributed by atoms with Gasteiger partial charge in [-0.15, -0.1) is 0 Å². The summed E-state index contributed by atoms with van der Waals surface area (Å²) in [5.74, 6) is 0.432. The maximum Gasteiger partial charge on any atom is 0.0891 e. The van der Waals surface area contributed by atoms with Gasteiger partial charge in [-0.3, -0.25) is 4.98 Å². The summed E-state index contributed by atoms with van der Waals surface area (Å²) in [5.41, 5.74) is 8.41. The zero-order chi connectivity index (χ0) is 19.1. The molecule has 0 spiro atoms. The second-order valence-electron chi connectivity index (χ2n) is 6.32. The van der Waals surface area contributed by atoms with Crippen molar-refractivity contribution in [3.05, 3.63) is 47.4 Å². The molecule has 2 rings (SSSR count). The molecule has 0 aliphatic heterocycles. The first kappa shape index (κ1) is 20.9. The molecule has 0 atom stereocenters. The van der Waals surface area contributed by atoms with Crippen molar-refractivity contribution in [3.63, 3.8) is 0 Å². The van der Waals surface area contributed by atoms with Crippen molar-refractivity contribution in [3.8, 4) is 11.3 Å². The van der Waals surface area contributed by atoms with Crippen molar-refractivity contribution >= 4 is 11.3 Å². The molecule has 2 heterocycles. The van der Waals surface area contributed by atoms with E-state index in [9.17, 15) is 0 Å². The second kappa shape index (κ2) is 9.36. The van der Waals surface area contributed by atoms with Gasteiger partial charge in [0.05, 0.1) is 17.1 Å². The highest BCUT2D eigenvalue weighted by Gasteiger charge is 2.15. The van der Waals surface area contributed by atoms with Crippen LogP contribution >= 0.6 is 0 Å². The van der Waals surface area contributed by atoms with Crippen molar-refractivity contribution in [2.75, 3.05) is 12.4 Å². The third-order valence-electron chi connectivity index (χ3n) is 4.06. The van der Waals surface area contributed by atoms with E-state index >= 15 is 0 Å². The summed E-state index contributed by atoms with van der Waals surface area (Å²) < 4.78 is 0. The summed E-state index contributed by atoms with van der Waals surface area (Å²) in [6, 6.07) is 6.42. The van der Waals surface area contributed by atoms with Crippen molar-refractivity contribution < 1.29 is 0 Å². The average molecular weight is 340 g/mol. The Balaban J connectivity index is 0.00000151. The van der Waals surface area contributed by atoms with Crippen LogP contribution in [0.2, 0.25) is 0 Å². The Bertz CT molecular complexity index is 730. The lowest BCUT2D eigenvalue weighted by molar-refractivity contribution is 0.807. The molecule has 0 saturated carbocycles. The van der Waals surface area contributed by atoms with Crippen LogP contribution < -0.4 is 5.32 Å². The molecule has 0 amide bonds. The topological polar surface area (TPSA) is 37.8 Å². The molecule has 0 aliphatic carbocycles. The third-order valence-corrected chi connectivity index (χ3v) is 4.06. The molecule has 0 aliphatic rings. The molecule has 0 saturated heterocycles. The Labute approximate surface area is 153 Å². The highest BCUT2D eigenvalue weighted by Crippen LogP contribution is 2.31. The monoisotopic (exact) mass is 339 g/mol. The summed E-state index contributed by atoms with van der Waals surface area (Å²) in [6.07, 6.45) is 0.896. The minimum atomic E-state index is 0.432. The van der Waals surface area contributed by atoms with Crippen molar-refractivity contribution in [2.45, 2.75) is 60.8 Å². The van der Waals surface area contributed by atoms with Crippen LogP contribution in [0.25, 0.3) is 16.8 Å². The predicted molar refractivity (Wildman–Crippen MR) is 111 cm³/mol. The largest absolute Gasteiger partial charge is 0.386 e. The van der Waals surface area contributed by atoms with Crippen molar-refractivity contribution in [1.29, 1.82) is 0 Å². The first-order valence-electron chi connectivity index (χ1n) is 9.24. The van der Waals surface area contributed by atoms with E-state index in [0.717, 1.165) is 51.6 Å². The van der Waals surface area contributed by atoms with E-state index < -0.39 is 0 Å². The zero-order valence-electron chi connectivity index (χ0n) is 17.1. The molecule has 3 heteroatoms. The fourth-order valence-electron chi connectivity index (χ4n) is 2.73. The first-order valence-corrected chi connectivity index (χ1v) is 9.24. The lowest BCUT2D eigenvalue weighted by Crippen LogP contribution is -2.04. The standard InChI is InChI=1S/C20H27N3.C2H6/c1-8-16-15(9-10-17(22-16)12(2)3)20-14(6)11-18(21-7)19(23-20)13(4)5;1-2/h9-12,21H,4,8H2,1-3,5-7H3;1-2H3. The van der Waals surface area contributed by atoms with E-state index in [4.69, 9.17) is 9.97 Å². The van der Waals surface area contributed by atoms with E-state index in [1.165, 1.54) is 0 Å². The van der Waals surface area contributed by atoms with Crippen LogP contribution in [0.3, 0.4) is 0 Å². The van der Waals surface area contributed by atoms with Gasteiger partial charge in [0.15, 0.2) is 0 Å². The van der Waals surface area contributed by atoms with Crippen LogP contribution in [-0.4, -0.2) is 17.0 Å². The molecule has 25 heavy (non-hydrogen) atoms. The molecule has 0 bridgehead atoms. The van der Waals surface area contributed by atoms with E-state index in [2.05, 4.69) is 57.8 Å². The Morgan fingerprint density at radius 3 is 2.32 bits per heavy atom. The number of nitrogens with one attached hydrogen (secondary N) is 1. The van der Waals surface area contributed by atoms with Crippen LogP contribution in [0, 0.1) is 6.92 Å². The molecule has 136 valence electrons. The maximum atomic E-state index is 4.89. The van der Waals surface area contributed by atoms with Gasteiger partial charge in [0, 0.05) is 24.0 Å². The van der Waals surface area contributed by atoms with Crippen LogP contribution in [0.5, 0.6) is 0 Å². The average Bonchev–Trinajstić information content (AvgIpc) is 2.62. The molecule has 2 aromatic heterocycles. The Morgan fingerprint density at radius 2 is 1.84 bits per heavy atom. The number of allylic oxidation sites excluding steroid dienone is 1. The number of pyridine rings is 2. The number of anilines is 1. The SMILES string of the molecule is C=C(C)c1nc(-c2ccc(C(C)C)nc2CC)c(C)cc1NC.CC. The molecule has 0 unspecified atom stereocenters. The minimum absolute atomic E-state index is 0.432. The molecular formula is C22H33N3. The summed E-state index contributed by atoms with van der Waals surface area (Å²) in [5, 5.41) is 3.21. The van der Waals surface area contributed by atoms with Gasteiger partial charge in [0.25, 0.3) is 0 Å². The van der Waals surface area contributed by atoms with Gasteiger partial charge < -0.3 is 5.32 Å². The third kappa shape index (κ3) is 4.68. The van der Waals surface area contributed by atoms with Gasteiger partial charge in [-0.2, -0.15) is 0 Å². The fourth-order valence-corrected chi connectivity index (χ4v) is 2.73. The summed E-state index contributed by atoms with van der Waals surface area (Å²) in [4.78, 5) is 9.74. The smallest absolute Gasteiger partial charge is 0.0891 e. The van der Waals surface area contributed by atoms with Gasteiger partial charge >= 0.3 is 0 Å². The number of nitrogens with zero attached hydrogens (tertiary/aromatic N) is 2. The summed E-state index contributed by atoms with van der Waals surface area (Å²) in [7, 11) is 1.92. The minimum Gasteiger partial charge on any atom is -0.386 e. The van der Waals surface area contributed by atoms with Gasteiger partial charge in [-0.05, 0) is 55.5 Å². The summed E-state index contributed by atoms with van der Waals surface area (Å²) in [6.45, 7) is 18.6. The van der Waals surface area contributed by atoms with Crippen LogP contribution in [0.1, 0.15) is 70.1 Å². The van der Waals surface area contributed by atoms with Gasteiger partial charge in [0.2, 0.25) is 0 Å². The lowest BCUT2D eigenvalue weighted by atomic mass is 9.99. The Kier molecular flexibility index (Phi) is 7.82. The van der Waals surface area contributed by atoms with E-state index in [1.54, 1.807) is 0 Å². The molecule has 0 aromatic carbocycles. The maximum absolute atomic E-state index is 4.89. The van der Waals surface area contributed by atoms with Crippen LogP contribution in [0.4, 0.5) is 5.69 Å². The number of hydrogen-bond donors (Lipinski definition) is 1. The Morgan fingerprint density at radius 1 is 1.20 bits per heavy atom. The number of rotatable bonds is 5. The number of hydrogen-bond acceptors (Lipinski definition) is 3. The van der Waals surface area contributed by atoms with Gasteiger partial charge in [-0.1, -0.05) is 41.2 Å². The molecule has 1 N–H and O–H groups in total. The normalized spacial score (nSPS) is 10.3. The van der Waals surface area contributed by atoms with E-state index in [-0.39, 0.29) is 0 Å². The zero-order valence-corrected chi connectivity index (χ0v) is 17.1. The molecule has 0 radical (unpaired) electrons. The first-order chi connectivity index (χ1) is 11.9. The van der Waals surface area contributed by atoms with Crippen molar-refractivity contribution in [2.24, 2.45) is 0 Å². The molecule has 0 fully saturated rings. The highest BCUT2D eigenvalue weighted by atomic mass is 14.9. The van der Waals surface area contributed by atoms with E-state index in [0.29, 0.717) is 5.92 Å². The van der Waals surface area contributed by atoms with Crippen LogP contribution in [-0.2, 0) is 6.42 Å². The quantitative estimate of drug-likeness (QED) is 0.700. The predicted octanol–water partition coefficient (Wildman–Crippen LogP) is 6.24. The lowest BCUT2D eigenvalue weighted by Gasteiger charge is -2.16. The van der Waals surface area contributed by atoms with Crippen molar-refractivity contribution in [1.82, 2.24) is 9.97 Å². The fraction of sp³-hybridized carbons (Fsp3) is 0.455. The highest BCUT2D eigenvalue weighted by molar-refractivity contribution is 5.76. The van der Waals surface area contributed by atoms with E-state index in [1.807, 2.05) is 27.8 Å². The number of aromatic nitrogens is 2. The number of aryl methyl sites for hydroxylation is 2. The van der Waals surface area contributed by atoms with Gasteiger partial charge in [0.1, 0.15) is 0 Å². The second-order valence-corrected chi connectivity index (χ2v) is 6.32. The Hall–Kier alpha value is -2.16. The van der Waals surface area contributed by atoms with Gasteiger partial charge in [-0.25, -0.2) is 4.98 Å². The summed E-state index contributed by atoms with van der Waals surface area (Å²) >= 11 is 0. The molecule has 2 aromatic rings. The van der Waals surface area contributed by atoms with Crippen LogP contribution in [0.15, 0.2) is 24.8 Å². The molecular weight excluding hydrogens is 306 g/mol.